The number of hydrogen-bond donors (Lipinski definition) is 0. The summed E-state index contributed by atoms with van der Waals surface area (Å²) in [6.45, 7) is 0. The van der Waals surface area contributed by atoms with Crippen molar-refractivity contribution in [2.45, 2.75) is 0 Å². The van der Waals surface area contributed by atoms with Crippen LogP contribution in [-0.4, -0.2) is 24.9 Å². The third-order valence-corrected chi connectivity index (χ3v) is 1.03. The molecule has 0 aliphatic carbocycles. The molecule has 0 aromatic carbocycles. The van der Waals surface area contributed by atoms with Crippen molar-refractivity contribution in [2.24, 2.45) is 0 Å². The van der Waals surface area contributed by atoms with E-state index in [0.717, 1.165) is 16.5 Å². The number of hydrogen-bond acceptors (Lipinski definition) is 3. The summed E-state index contributed by atoms with van der Waals surface area (Å²) in [5.41, 5.74) is 0. The quantitative estimate of drug-likeness (QED) is 0.443. The maximum absolute atomic E-state index is 9.65. The van der Waals surface area contributed by atoms with Gasteiger partial charge in [-0.05, 0) is 0 Å². The van der Waals surface area contributed by atoms with E-state index in [0.29, 0.717) is 0 Å². The summed E-state index contributed by atoms with van der Waals surface area (Å²) >= 11 is 5.25. The van der Waals surface area contributed by atoms with Crippen LogP contribution in [-0.2, 0) is 12.0 Å². The zero-order chi connectivity index (χ0) is 5.21. The Morgan fingerprint density at radius 2 is 1.83 bits per heavy atom. The topological polar surface area (TPSA) is 43.4 Å². The Morgan fingerprint density at radius 3 is 1.83 bits per heavy atom. The van der Waals surface area contributed by atoms with Gasteiger partial charge in [-0.25, -0.2) is 0 Å². The maximum atomic E-state index is 9.65. The second-order valence-electron chi connectivity index (χ2n) is 0.767. The molecule has 6 heavy (non-hydrogen) atoms. The first kappa shape index (κ1) is 6.80. The minimum atomic E-state index is -3.40. The summed E-state index contributed by atoms with van der Waals surface area (Å²) in [6, 6.07) is 0. The van der Waals surface area contributed by atoms with Crippen molar-refractivity contribution in [3.8, 4) is 0 Å². The number of rotatable bonds is 1. The average molecular weight is 122 g/mol. The van der Waals surface area contributed by atoms with Crippen molar-refractivity contribution < 1.29 is 12.2 Å². The molecule has 0 bridgehead atoms. The molecule has 0 aliphatic heterocycles. The Labute approximate surface area is 49.0 Å². The summed E-state index contributed by atoms with van der Waals surface area (Å²) in [5.74, 6) is 0. The van der Waals surface area contributed by atoms with Gasteiger partial charge in [0.15, 0.2) is 0 Å². The molecule has 0 rings (SSSR count). The Morgan fingerprint density at radius 1 is 1.67 bits per heavy atom. The van der Waals surface area contributed by atoms with E-state index >= 15 is 0 Å². The molecule has 0 unspecified atom stereocenters. The van der Waals surface area contributed by atoms with Gasteiger partial charge in [0.25, 0.3) is 0 Å². The predicted octanol–water partition coefficient (Wildman–Crippen LogP) is -0.430. The van der Waals surface area contributed by atoms with Gasteiger partial charge in [0.1, 0.15) is 0 Å². The van der Waals surface area contributed by atoms with E-state index in [4.69, 9.17) is 0 Å². The van der Waals surface area contributed by atoms with Crippen molar-refractivity contribution in [3.63, 3.8) is 0 Å². The van der Waals surface area contributed by atoms with Gasteiger partial charge in [-0.3, -0.25) is 0 Å². The first-order valence-corrected chi connectivity index (χ1v) is 3.19. The fraction of sp³-hybridized carbons (Fsp3) is 0. The van der Waals surface area contributed by atoms with Gasteiger partial charge in [0.05, 0.1) is 0 Å². The molecular formula is ClLiO3S. The van der Waals surface area contributed by atoms with Crippen LogP contribution in [0.5, 0.6) is 0 Å². The Bertz CT molecular complexity index is 113. The molecule has 0 spiro atoms. The normalized spacial score (nSPS) is 11.8. The van der Waals surface area contributed by atoms with Gasteiger partial charge >= 0.3 is 48.8 Å². The van der Waals surface area contributed by atoms with Crippen molar-refractivity contribution >= 4 is 36.6 Å². The van der Waals surface area contributed by atoms with Crippen molar-refractivity contribution in [1.82, 2.24) is 0 Å². The van der Waals surface area contributed by atoms with E-state index in [1.165, 1.54) is 0 Å². The standard InChI is InChI=1S/ClO3S.Li/c1-4-5(2)3;. The molecule has 32 valence electrons. The monoisotopic (exact) mass is 122 g/mol. The third-order valence-electron chi connectivity index (χ3n) is 0.114. The van der Waals surface area contributed by atoms with Gasteiger partial charge in [-0.15, -0.1) is 0 Å². The SMILES string of the molecule is [Li][S](=O)(=O)OCl. The van der Waals surface area contributed by atoms with Crippen LogP contribution in [0.25, 0.3) is 0 Å². The van der Waals surface area contributed by atoms with Crippen molar-refractivity contribution in [2.75, 3.05) is 0 Å². The molecule has 0 aromatic rings. The van der Waals surface area contributed by atoms with Gasteiger partial charge in [0, 0.05) is 0 Å². The third kappa shape index (κ3) is 4.80. The fourth-order valence-electron chi connectivity index (χ4n) is 0. The van der Waals surface area contributed by atoms with Gasteiger partial charge in [-0.2, -0.15) is 0 Å². The second-order valence-corrected chi connectivity index (χ2v) is 2.68. The molecule has 0 aromatic heterocycles. The van der Waals surface area contributed by atoms with Crippen LogP contribution < -0.4 is 0 Å². The molecule has 0 fully saturated rings. The summed E-state index contributed by atoms with van der Waals surface area (Å²) in [5, 5.41) is 0. The number of halogens is 1. The predicted molar refractivity (Wildman–Crippen MR) is 21.6 cm³/mol. The molecule has 0 saturated heterocycles. The van der Waals surface area contributed by atoms with Crippen LogP contribution in [0.15, 0.2) is 0 Å². The van der Waals surface area contributed by atoms with Crippen LogP contribution in [0.1, 0.15) is 0 Å². The first-order chi connectivity index (χ1) is 2.56. The summed E-state index contributed by atoms with van der Waals surface area (Å²) in [6.07, 6.45) is 0. The summed E-state index contributed by atoms with van der Waals surface area (Å²) < 4.78 is 22.7. The Kier molecular flexibility index (Phi) is 2.49. The van der Waals surface area contributed by atoms with E-state index in [-0.39, 0.29) is 0 Å². The summed E-state index contributed by atoms with van der Waals surface area (Å²) in [4.78, 5) is 0. The first-order valence-electron chi connectivity index (χ1n) is 1.06. The van der Waals surface area contributed by atoms with E-state index in [9.17, 15) is 8.42 Å². The van der Waals surface area contributed by atoms with Crippen molar-refractivity contribution in [1.29, 1.82) is 0 Å². The van der Waals surface area contributed by atoms with Crippen LogP contribution in [0.2, 0.25) is 0 Å². The zero-order valence-corrected chi connectivity index (χ0v) is 4.58. The molecule has 0 N–H and O–H groups in total. The van der Waals surface area contributed by atoms with Gasteiger partial charge in [0.2, 0.25) is 0 Å². The minimum absolute atomic E-state index is 0.861. The average Bonchev–Trinajstić information content (AvgIpc) is 1.35. The second kappa shape index (κ2) is 2.19. The van der Waals surface area contributed by atoms with E-state index in [2.05, 4.69) is 15.6 Å². The fourth-order valence-corrected chi connectivity index (χ4v) is 0. The molecule has 6 heteroatoms. The molecule has 3 nitrogen and oxygen atoms in total. The Balaban J connectivity index is 3.85. The molecular weight excluding hydrogens is 122 g/mol. The Hall–Kier alpha value is 0.797. The van der Waals surface area contributed by atoms with Crippen LogP contribution >= 0.6 is 11.9 Å². The molecule has 0 aliphatic rings. The summed E-state index contributed by atoms with van der Waals surface area (Å²) in [7, 11) is -3.40. The zero-order valence-electron chi connectivity index (χ0n) is 3.01. The molecule has 0 saturated carbocycles. The molecule has 0 heterocycles. The molecule has 0 atom stereocenters. The van der Waals surface area contributed by atoms with E-state index < -0.39 is 8.22 Å². The van der Waals surface area contributed by atoms with Crippen LogP contribution in [0.4, 0.5) is 0 Å². The van der Waals surface area contributed by atoms with Crippen LogP contribution in [0.3, 0.4) is 0 Å². The van der Waals surface area contributed by atoms with Gasteiger partial charge < -0.3 is 0 Å². The van der Waals surface area contributed by atoms with E-state index in [1.54, 1.807) is 0 Å². The van der Waals surface area contributed by atoms with Crippen LogP contribution in [0, 0.1) is 0 Å². The van der Waals surface area contributed by atoms with Gasteiger partial charge in [-0.1, -0.05) is 0 Å². The molecule has 0 radical (unpaired) electrons. The molecule has 0 amide bonds. The van der Waals surface area contributed by atoms with E-state index in [1.807, 2.05) is 0 Å². The van der Waals surface area contributed by atoms with Crippen molar-refractivity contribution in [3.05, 3.63) is 0 Å².